The molecule has 0 amide bonds. The molecule has 0 aliphatic carbocycles. The predicted octanol–water partition coefficient (Wildman–Crippen LogP) is 4.84. The van der Waals surface area contributed by atoms with E-state index in [0.717, 1.165) is 35.1 Å². The molecule has 3 aromatic rings. The summed E-state index contributed by atoms with van der Waals surface area (Å²) in [5.74, 6) is 1.18. The normalized spacial score (nSPS) is 11.8. The molecular weight excluding hydrogens is 382 g/mol. The summed E-state index contributed by atoms with van der Waals surface area (Å²) in [5, 5.41) is 13.0. The van der Waals surface area contributed by atoms with Crippen molar-refractivity contribution in [3.05, 3.63) is 54.4 Å². The van der Waals surface area contributed by atoms with Gasteiger partial charge in [0, 0.05) is 23.9 Å². The molecule has 1 aromatic heterocycles. The Balaban J connectivity index is 1.75. The van der Waals surface area contributed by atoms with Gasteiger partial charge in [0.05, 0.1) is 19.2 Å². The highest BCUT2D eigenvalue weighted by Crippen LogP contribution is 2.35. The minimum absolute atomic E-state index is 0.0741. The summed E-state index contributed by atoms with van der Waals surface area (Å²) in [6.07, 6.45) is 3.94. The Morgan fingerprint density at radius 3 is 2.63 bits per heavy atom. The van der Waals surface area contributed by atoms with Gasteiger partial charge in [0.25, 0.3) is 0 Å². The SMILES string of the molecule is COc1cc2ncnc(NC(C)c3ccccc3)c2cc1OCCCCCC(=O)O. The van der Waals surface area contributed by atoms with E-state index in [4.69, 9.17) is 14.6 Å². The summed E-state index contributed by atoms with van der Waals surface area (Å²) >= 11 is 0. The Morgan fingerprint density at radius 1 is 1.10 bits per heavy atom. The lowest BCUT2D eigenvalue weighted by Gasteiger charge is -2.17. The third kappa shape index (κ3) is 5.59. The number of nitrogens with one attached hydrogen (secondary N) is 1. The highest BCUT2D eigenvalue weighted by Gasteiger charge is 2.14. The van der Waals surface area contributed by atoms with Crippen LogP contribution in [0.4, 0.5) is 5.82 Å². The van der Waals surface area contributed by atoms with Crippen LogP contribution in [0.1, 0.15) is 44.2 Å². The van der Waals surface area contributed by atoms with Gasteiger partial charge in [-0.2, -0.15) is 0 Å². The van der Waals surface area contributed by atoms with E-state index in [1.165, 1.54) is 6.33 Å². The molecule has 1 atom stereocenters. The van der Waals surface area contributed by atoms with Gasteiger partial charge in [-0.25, -0.2) is 9.97 Å². The Hall–Kier alpha value is -3.35. The summed E-state index contributed by atoms with van der Waals surface area (Å²) in [7, 11) is 1.60. The van der Waals surface area contributed by atoms with Crippen molar-refractivity contribution in [2.75, 3.05) is 19.0 Å². The van der Waals surface area contributed by atoms with Gasteiger partial charge in [-0.1, -0.05) is 30.3 Å². The molecule has 2 N–H and O–H groups in total. The molecule has 0 fully saturated rings. The first-order valence-corrected chi connectivity index (χ1v) is 10.1. The minimum Gasteiger partial charge on any atom is -0.493 e. The summed E-state index contributed by atoms with van der Waals surface area (Å²) in [5.41, 5.74) is 1.93. The average Bonchev–Trinajstić information content (AvgIpc) is 2.76. The standard InChI is InChI=1S/C23H27N3O4/c1-16(17-9-5-3-6-10-17)26-23-18-13-21(30-12-8-4-7-11-22(27)28)20(29-2)14-19(18)24-15-25-23/h3,5-6,9-10,13-16H,4,7-8,11-12H2,1-2H3,(H,27,28)(H,24,25,26). The molecule has 0 saturated heterocycles. The van der Waals surface area contributed by atoms with E-state index in [9.17, 15) is 4.79 Å². The summed E-state index contributed by atoms with van der Waals surface area (Å²) in [6.45, 7) is 2.57. The number of carboxylic acid groups (broad SMARTS) is 1. The molecule has 3 rings (SSSR count). The molecule has 1 unspecified atom stereocenters. The second kappa shape index (κ2) is 10.4. The Bertz CT molecular complexity index is 979. The van der Waals surface area contributed by atoms with Crippen LogP contribution in [-0.4, -0.2) is 34.8 Å². The lowest BCUT2D eigenvalue weighted by Crippen LogP contribution is -2.08. The molecule has 0 bridgehead atoms. The number of methoxy groups -OCH3 is 1. The second-order valence-electron chi connectivity index (χ2n) is 7.07. The molecule has 7 heteroatoms. The number of unbranched alkanes of at least 4 members (excludes halogenated alkanes) is 2. The van der Waals surface area contributed by atoms with Gasteiger partial charge in [0.1, 0.15) is 12.1 Å². The number of rotatable bonds is 11. The number of carbonyl (C=O) groups is 1. The highest BCUT2D eigenvalue weighted by molar-refractivity contribution is 5.91. The smallest absolute Gasteiger partial charge is 0.303 e. The van der Waals surface area contributed by atoms with Crippen LogP contribution < -0.4 is 14.8 Å². The van der Waals surface area contributed by atoms with Crippen molar-refractivity contribution in [3.63, 3.8) is 0 Å². The number of hydrogen-bond acceptors (Lipinski definition) is 6. The number of aromatic nitrogens is 2. The summed E-state index contributed by atoms with van der Waals surface area (Å²) in [6, 6.07) is 14.0. The monoisotopic (exact) mass is 409 g/mol. The van der Waals surface area contributed by atoms with Crippen LogP contribution in [0.5, 0.6) is 11.5 Å². The third-order valence-corrected chi connectivity index (χ3v) is 4.87. The number of hydrogen-bond donors (Lipinski definition) is 2. The zero-order chi connectivity index (χ0) is 21.3. The molecule has 0 aliphatic rings. The van der Waals surface area contributed by atoms with E-state index in [1.54, 1.807) is 7.11 Å². The van der Waals surface area contributed by atoms with E-state index in [-0.39, 0.29) is 12.5 Å². The number of anilines is 1. The van der Waals surface area contributed by atoms with Gasteiger partial charge in [-0.3, -0.25) is 4.79 Å². The third-order valence-electron chi connectivity index (χ3n) is 4.87. The second-order valence-corrected chi connectivity index (χ2v) is 7.07. The van der Waals surface area contributed by atoms with Gasteiger partial charge in [-0.15, -0.1) is 0 Å². The maximum atomic E-state index is 10.6. The Morgan fingerprint density at radius 2 is 1.90 bits per heavy atom. The van der Waals surface area contributed by atoms with E-state index < -0.39 is 5.97 Å². The molecule has 30 heavy (non-hydrogen) atoms. The Labute approximate surface area is 176 Å². The number of nitrogens with zero attached hydrogens (tertiary/aromatic N) is 2. The van der Waals surface area contributed by atoms with Gasteiger partial charge < -0.3 is 19.9 Å². The molecular formula is C23H27N3O4. The largest absolute Gasteiger partial charge is 0.493 e. The van der Waals surface area contributed by atoms with Gasteiger partial charge >= 0.3 is 5.97 Å². The predicted molar refractivity (Wildman–Crippen MR) is 116 cm³/mol. The molecule has 0 spiro atoms. The minimum atomic E-state index is -0.767. The molecule has 2 aromatic carbocycles. The zero-order valence-electron chi connectivity index (χ0n) is 17.3. The number of aliphatic carboxylic acids is 1. The van der Waals surface area contributed by atoms with Crippen molar-refractivity contribution >= 4 is 22.7 Å². The van der Waals surface area contributed by atoms with Gasteiger partial charge in [0.15, 0.2) is 11.5 Å². The van der Waals surface area contributed by atoms with Crippen molar-refractivity contribution < 1.29 is 19.4 Å². The highest BCUT2D eigenvalue weighted by atomic mass is 16.5. The number of carboxylic acids is 1. The fraction of sp³-hybridized carbons (Fsp3) is 0.348. The van der Waals surface area contributed by atoms with E-state index >= 15 is 0 Å². The fourth-order valence-electron chi connectivity index (χ4n) is 3.22. The van der Waals surface area contributed by atoms with Crippen LogP contribution in [0.2, 0.25) is 0 Å². The van der Waals surface area contributed by atoms with E-state index in [0.29, 0.717) is 24.5 Å². The van der Waals surface area contributed by atoms with Crippen molar-refractivity contribution in [1.29, 1.82) is 0 Å². The quantitative estimate of drug-likeness (QED) is 0.438. The van der Waals surface area contributed by atoms with Crippen molar-refractivity contribution in [1.82, 2.24) is 9.97 Å². The first-order chi connectivity index (χ1) is 14.6. The van der Waals surface area contributed by atoms with Crippen molar-refractivity contribution in [3.8, 4) is 11.5 Å². The van der Waals surface area contributed by atoms with Crippen molar-refractivity contribution in [2.45, 2.75) is 38.6 Å². The van der Waals surface area contributed by atoms with Crippen LogP contribution in [-0.2, 0) is 4.79 Å². The number of benzene rings is 2. The topological polar surface area (TPSA) is 93.6 Å². The maximum Gasteiger partial charge on any atom is 0.303 e. The molecule has 0 radical (unpaired) electrons. The summed E-state index contributed by atoms with van der Waals surface area (Å²) < 4.78 is 11.4. The maximum absolute atomic E-state index is 10.6. The van der Waals surface area contributed by atoms with Crippen LogP contribution in [0.15, 0.2) is 48.8 Å². The lowest BCUT2D eigenvalue weighted by atomic mass is 10.1. The molecule has 158 valence electrons. The molecule has 1 heterocycles. The first kappa shape index (κ1) is 21.4. The van der Waals surface area contributed by atoms with Crippen molar-refractivity contribution in [2.24, 2.45) is 0 Å². The molecule has 0 saturated carbocycles. The lowest BCUT2D eigenvalue weighted by molar-refractivity contribution is -0.137. The Kier molecular flexibility index (Phi) is 7.43. The number of ether oxygens (including phenoxy) is 2. The van der Waals surface area contributed by atoms with Crippen LogP contribution >= 0.6 is 0 Å². The van der Waals surface area contributed by atoms with E-state index in [1.807, 2.05) is 30.3 Å². The molecule has 0 aliphatic heterocycles. The molecule has 7 nitrogen and oxygen atoms in total. The summed E-state index contributed by atoms with van der Waals surface area (Å²) in [4.78, 5) is 19.4. The number of fused-ring (bicyclic) bond motifs is 1. The van der Waals surface area contributed by atoms with Crippen LogP contribution in [0, 0.1) is 0 Å². The zero-order valence-corrected chi connectivity index (χ0v) is 17.3. The van der Waals surface area contributed by atoms with Gasteiger partial charge in [0.2, 0.25) is 0 Å². The van der Waals surface area contributed by atoms with Gasteiger partial charge in [-0.05, 0) is 37.8 Å². The van der Waals surface area contributed by atoms with Crippen LogP contribution in [0.3, 0.4) is 0 Å². The first-order valence-electron chi connectivity index (χ1n) is 10.1. The van der Waals surface area contributed by atoms with Crippen LogP contribution in [0.25, 0.3) is 10.9 Å². The average molecular weight is 409 g/mol. The fourth-order valence-corrected chi connectivity index (χ4v) is 3.22. The van der Waals surface area contributed by atoms with E-state index in [2.05, 4.69) is 34.3 Å².